The second kappa shape index (κ2) is 6.89. The molecule has 0 aromatic heterocycles. The van der Waals surface area contributed by atoms with Gasteiger partial charge in [0.15, 0.2) is 0 Å². The van der Waals surface area contributed by atoms with Crippen LogP contribution in [-0.2, 0) is 20.4 Å². The van der Waals surface area contributed by atoms with E-state index in [0.717, 1.165) is 0 Å². The van der Waals surface area contributed by atoms with Crippen LogP contribution in [-0.4, -0.2) is 0 Å². The Balaban J connectivity index is 0. The fraction of sp³-hybridized carbons (Fsp3) is 0.333. The van der Waals surface area contributed by atoms with Gasteiger partial charge in [-0.15, -0.1) is 0 Å². The van der Waals surface area contributed by atoms with Crippen LogP contribution in [0.1, 0.15) is 6.42 Å². The van der Waals surface area contributed by atoms with Crippen molar-refractivity contribution in [3.63, 3.8) is 0 Å². The van der Waals surface area contributed by atoms with Gasteiger partial charge >= 0.3 is 55.4 Å². The van der Waals surface area contributed by atoms with Crippen LogP contribution in [0.5, 0.6) is 0 Å². The van der Waals surface area contributed by atoms with Crippen molar-refractivity contribution in [2.24, 2.45) is 0 Å². The van der Waals surface area contributed by atoms with Gasteiger partial charge in [-0.1, -0.05) is 0 Å². The van der Waals surface area contributed by atoms with E-state index in [2.05, 4.69) is 38.7 Å². The predicted molar refractivity (Wildman–Crippen MR) is 26.6 cm³/mol. The second-order valence-corrected chi connectivity index (χ2v) is 2.19. The summed E-state index contributed by atoms with van der Waals surface area (Å²) in [6.07, 6.45) is 7.70. The van der Waals surface area contributed by atoms with Crippen LogP contribution >= 0.6 is 0 Å². The molecular weight excluding hydrogens is 191 g/mol. The Labute approximate surface area is 80.0 Å². The second-order valence-electron chi connectivity index (χ2n) is 1.63. The summed E-state index contributed by atoms with van der Waals surface area (Å²) in [7, 11) is 0. The van der Waals surface area contributed by atoms with Crippen molar-refractivity contribution in [2.75, 3.05) is 0 Å². The molecule has 0 aromatic carbocycles. The van der Waals surface area contributed by atoms with E-state index >= 15 is 0 Å². The van der Waals surface area contributed by atoms with Gasteiger partial charge in [0.05, 0.1) is 0 Å². The number of rotatable bonds is 1. The minimum atomic E-state index is 0. The first kappa shape index (κ1) is 12.5. The first-order chi connectivity index (χ1) is 3.43. The molecule has 0 amide bonds. The van der Waals surface area contributed by atoms with Crippen molar-refractivity contribution in [3.05, 3.63) is 23.8 Å². The van der Waals surface area contributed by atoms with E-state index in [4.69, 9.17) is 0 Å². The van der Waals surface area contributed by atoms with Gasteiger partial charge < -0.3 is 24.8 Å². The first-order valence-corrected chi connectivity index (χ1v) is 3.53. The quantitative estimate of drug-likeness (QED) is 0.375. The van der Waals surface area contributed by atoms with Crippen LogP contribution in [0.4, 0.5) is 0 Å². The number of hydrogen-bond donors (Lipinski definition) is 0. The molecule has 0 radical (unpaired) electrons. The number of halogens is 2. The van der Waals surface area contributed by atoms with E-state index in [-0.39, 0.29) is 24.8 Å². The monoisotopic (exact) mass is 197 g/mol. The molecule has 0 saturated carbocycles. The molecule has 0 heterocycles. The Kier molecular flexibility index (Phi) is 9.53. The van der Waals surface area contributed by atoms with E-state index in [1.807, 2.05) is 0 Å². The molecule has 9 heavy (non-hydrogen) atoms. The van der Waals surface area contributed by atoms with Crippen LogP contribution in [0.2, 0.25) is 4.73 Å². The molecule has 0 aromatic rings. The van der Waals surface area contributed by atoms with Gasteiger partial charge in [0, 0.05) is 0 Å². The van der Waals surface area contributed by atoms with Gasteiger partial charge in [-0.2, -0.15) is 0 Å². The van der Waals surface area contributed by atoms with E-state index in [0.29, 0.717) is 0 Å². The Hall–Kier alpha value is 0.774. The molecule has 1 rings (SSSR count). The average molecular weight is 198 g/mol. The van der Waals surface area contributed by atoms with Crippen LogP contribution in [0.25, 0.3) is 0 Å². The molecule has 0 nitrogen and oxygen atoms in total. The maximum atomic E-state index is 2.19. The topological polar surface area (TPSA) is 0 Å². The van der Waals surface area contributed by atoms with Crippen molar-refractivity contribution in [1.82, 2.24) is 0 Å². The van der Waals surface area contributed by atoms with Crippen molar-refractivity contribution in [2.45, 2.75) is 11.1 Å². The SMILES string of the molecule is [Cl-].[Cl-].[Ti+2][CH2]C1=CC=CC1. The zero-order chi connectivity index (χ0) is 5.11. The summed E-state index contributed by atoms with van der Waals surface area (Å²) >= 11 is 2.19. The van der Waals surface area contributed by atoms with Crippen LogP contribution in [0.3, 0.4) is 0 Å². The van der Waals surface area contributed by atoms with Crippen LogP contribution in [0.15, 0.2) is 23.8 Å². The summed E-state index contributed by atoms with van der Waals surface area (Å²) in [5, 5.41) is 0. The molecule has 0 bridgehead atoms. The Morgan fingerprint density at radius 2 is 2.11 bits per heavy atom. The van der Waals surface area contributed by atoms with E-state index in [1.165, 1.54) is 11.1 Å². The number of allylic oxidation sites excluding steroid dienone is 4. The standard InChI is InChI=1S/C6H7.2ClH.Ti/c1-6-4-2-3-5-6;;;/h2-4H,1,5H2;2*1H;/q;;;+2/p-2. The Morgan fingerprint density at radius 1 is 1.44 bits per heavy atom. The van der Waals surface area contributed by atoms with Gasteiger partial charge in [0.25, 0.3) is 0 Å². The molecule has 3 heteroatoms. The maximum absolute atomic E-state index is 2.19. The summed E-state index contributed by atoms with van der Waals surface area (Å²) in [6, 6.07) is 0. The van der Waals surface area contributed by atoms with Gasteiger partial charge in [0.2, 0.25) is 0 Å². The Bertz CT molecular complexity index is 118. The molecule has 0 saturated heterocycles. The number of hydrogen-bond acceptors (Lipinski definition) is 0. The third-order valence-electron chi connectivity index (χ3n) is 1.08. The zero-order valence-corrected chi connectivity index (χ0v) is 7.98. The van der Waals surface area contributed by atoms with E-state index < -0.39 is 0 Å². The molecule has 0 N–H and O–H groups in total. The molecule has 1 aliphatic carbocycles. The third-order valence-corrected chi connectivity index (χ3v) is 1.78. The van der Waals surface area contributed by atoms with Gasteiger partial charge in [-0.05, 0) is 0 Å². The molecule has 49 valence electrons. The first-order valence-electron chi connectivity index (χ1n) is 2.42. The van der Waals surface area contributed by atoms with Crippen molar-refractivity contribution < 1.29 is 45.2 Å². The van der Waals surface area contributed by atoms with Crippen LogP contribution in [0, 0.1) is 0 Å². The molecule has 0 aliphatic heterocycles. The van der Waals surface area contributed by atoms with Gasteiger partial charge in [-0.3, -0.25) is 0 Å². The summed E-state index contributed by atoms with van der Waals surface area (Å²) in [4.78, 5) is 0. The summed E-state index contributed by atoms with van der Waals surface area (Å²) < 4.78 is 1.22. The van der Waals surface area contributed by atoms with Gasteiger partial charge in [-0.25, -0.2) is 0 Å². The molecule has 0 atom stereocenters. The van der Waals surface area contributed by atoms with Crippen molar-refractivity contribution in [3.8, 4) is 0 Å². The minimum absolute atomic E-state index is 0. The molecule has 0 fully saturated rings. The van der Waals surface area contributed by atoms with Crippen LogP contribution < -0.4 is 24.8 Å². The summed E-state index contributed by atoms with van der Waals surface area (Å²) in [5.74, 6) is 0. The molecule has 0 unspecified atom stereocenters. The van der Waals surface area contributed by atoms with Crippen molar-refractivity contribution >= 4 is 0 Å². The van der Waals surface area contributed by atoms with Crippen molar-refractivity contribution in [1.29, 1.82) is 0 Å². The normalized spacial score (nSPS) is 13.8. The van der Waals surface area contributed by atoms with Gasteiger partial charge in [0.1, 0.15) is 0 Å². The average Bonchev–Trinajstić information content (AvgIpc) is 2.14. The summed E-state index contributed by atoms with van der Waals surface area (Å²) in [6.45, 7) is 0. The summed E-state index contributed by atoms with van der Waals surface area (Å²) in [5.41, 5.74) is 1.56. The van der Waals surface area contributed by atoms with E-state index in [1.54, 1.807) is 5.57 Å². The molecule has 1 aliphatic rings. The fourth-order valence-electron chi connectivity index (χ4n) is 0.623. The van der Waals surface area contributed by atoms with E-state index in [9.17, 15) is 0 Å². The predicted octanol–water partition coefficient (Wildman–Crippen LogP) is -4.15. The Morgan fingerprint density at radius 3 is 2.33 bits per heavy atom. The fourth-order valence-corrected chi connectivity index (χ4v) is 1.03. The molecular formula is C6H7Cl2Ti. The zero-order valence-electron chi connectivity index (χ0n) is 4.90. The third kappa shape index (κ3) is 4.21. The molecule has 0 spiro atoms.